The van der Waals surface area contributed by atoms with Gasteiger partial charge < -0.3 is 0 Å². The van der Waals surface area contributed by atoms with Crippen molar-refractivity contribution in [1.29, 1.82) is 0 Å². The highest BCUT2D eigenvalue weighted by Gasteiger charge is 2.37. The van der Waals surface area contributed by atoms with Crippen LogP contribution in [0.25, 0.3) is 0 Å². The maximum Gasteiger partial charge on any atom is 0.129 e. The molecule has 0 fully saturated rings. The van der Waals surface area contributed by atoms with Crippen LogP contribution in [0.15, 0.2) is 11.3 Å². The molecule has 2 heteroatoms. The first-order valence-electron chi connectivity index (χ1n) is 9.11. The molecule has 0 N–H and O–H groups in total. The normalized spacial score (nSPS) is 13.8. The molecule has 0 saturated heterocycles. The number of rotatable bonds is 7. The van der Waals surface area contributed by atoms with Crippen LogP contribution in [0.2, 0.25) is 37.8 Å². The van der Waals surface area contributed by atoms with E-state index in [1.807, 2.05) is 0 Å². The SMILES string of the molecule is CCCCCC/C=C(/CC#C[Si](C)(C)C)[Si](C)(C)C(C)(C)C. The van der Waals surface area contributed by atoms with Gasteiger partial charge in [0.1, 0.15) is 8.07 Å². The molecule has 0 radical (unpaired) electrons. The molecule has 0 aliphatic carbocycles. The molecule has 0 saturated carbocycles. The van der Waals surface area contributed by atoms with Gasteiger partial charge in [0.15, 0.2) is 0 Å². The molecule has 0 bridgehead atoms. The van der Waals surface area contributed by atoms with Crippen LogP contribution < -0.4 is 0 Å². The van der Waals surface area contributed by atoms with E-state index in [0.717, 1.165) is 6.42 Å². The Labute approximate surface area is 143 Å². The molecule has 128 valence electrons. The third kappa shape index (κ3) is 8.39. The van der Waals surface area contributed by atoms with Crippen molar-refractivity contribution in [2.75, 3.05) is 0 Å². The maximum atomic E-state index is 3.56. The minimum absolute atomic E-state index is 0.406. The molecular formula is C20H40Si2. The fraction of sp³-hybridized carbons (Fsp3) is 0.800. The van der Waals surface area contributed by atoms with E-state index in [0.29, 0.717) is 5.04 Å². The van der Waals surface area contributed by atoms with Crippen molar-refractivity contribution in [3.05, 3.63) is 11.3 Å². The van der Waals surface area contributed by atoms with Gasteiger partial charge in [-0.2, -0.15) is 0 Å². The van der Waals surface area contributed by atoms with Gasteiger partial charge in [-0.3, -0.25) is 0 Å². The average molecular weight is 337 g/mol. The van der Waals surface area contributed by atoms with Crippen LogP contribution in [-0.2, 0) is 0 Å². The van der Waals surface area contributed by atoms with E-state index in [2.05, 4.69) is 78.0 Å². The van der Waals surface area contributed by atoms with Gasteiger partial charge in [0.2, 0.25) is 0 Å². The van der Waals surface area contributed by atoms with Crippen LogP contribution in [0.5, 0.6) is 0 Å². The zero-order valence-corrected chi connectivity index (χ0v) is 18.8. The van der Waals surface area contributed by atoms with Gasteiger partial charge in [0.25, 0.3) is 0 Å². The fourth-order valence-corrected chi connectivity index (χ4v) is 5.05. The molecule has 0 amide bonds. The van der Waals surface area contributed by atoms with Crippen molar-refractivity contribution in [3.8, 4) is 11.5 Å². The lowest BCUT2D eigenvalue weighted by molar-refractivity contribution is 0.672. The average Bonchev–Trinajstić information content (AvgIpc) is 2.33. The lowest BCUT2D eigenvalue weighted by atomic mass is 10.1. The van der Waals surface area contributed by atoms with Crippen LogP contribution >= 0.6 is 0 Å². The predicted octanol–water partition coefficient (Wildman–Crippen LogP) is 7.20. The number of hydrogen-bond acceptors (Lipinski definition) is 0. The molecule has 0 nitrogen and oxygen atoms in total. The summed E-state index contributed by atoms with van der Waals surface area (Å²) in [4.78, 5) is 0. The van der Waals surface area contributed by atoms with E-state index in [9.17, 15) is 0 Å². The Morgan fingerprint density at radius 3 is 2.00 bits per heavy atom. The summed E-state index contributed by atoms with van der Waals surface area (Å²) >= 11 is 0. The van der Waals surface area contributed by atoms with Gasteiger partial charge in [-0.1, -0.05) is 91.0 Å². The lowest BCUT2D eigenvalue weighted by Gasteiger charge is -2.39. The molecule has 0 aromatic rings. The Bertz CT molecular complexity index is 406. The van der Waals surface area contributed by atoms with Gasteiger partial charge >= 0.3 is 0 Å². The van der Waals surface area contributed by atoms with Crippen LogP contribution in [0.3, 0.4) is 0 Å². The Morgan fingerprint density at radius 1 is 0.955 bits per heavy atom. The summed E-state index contributed by atoms with van der Waals surface area (Å²) in [6.45, 7) is 21.6. The molecule has 0 unspecified atom stereocenters. The summed E-state index contributed by atoms with van der Waals surface area (Å²) < 4.78 is 0. The Kier molecular flexibility index (Phi) is 9.02. The minimum Gasteiger partial charge on any atom is -0.132 e. The van der Waals surface area contributed by atoms with Crippen LogP contribution in [0, 0.1) is 11.5 Å². The van der Waals surface area contributed by atoms with Gasteiger partial charge in [-0.15, -0.1) is 11.5 Å². The molecular weight excluding hydrogens is 296 g/mol. The van der Waals surface area contributed by atoms with Gasteiger partial charge in [0.05, 0.1) is 8.07 Å². The first-order valence-corrected chi connectivity index (χ1v) is 15.6. The molecule has 0 heterocycles. The molecule has 0 atom stereocenters. The highest BCUT2D eigenvalue weighted by Crippen LogP contribution is 2.41. The number of unbranched alkanes of at least 4 members (excludes halogenated alkanes) is 4. The van der Waals surface area contributed by atoms with Crippen molar-refractivity contribution in [2.24, 2.45) is 0 Å². The van der Waals surface area contributed by atoms with Crippen molar-refractivity contribution in [2.45, 2.75) is 104 Å². The standard InChI is InChI=1S/C20H40Si2/c1-10-11-12-13-14-16-19(17-15-18-21(5,6)7)22(8,9)20(2,3)4/h16H,10-14,17H2,1-9H3/b19-16-. The van der Waals surface area contributed by atoms with Gasteiger partial charge in [-0.05, 0) is 17.9 Å². The molecule has 0 aliphatic rings. The topological polar surface area (TPSA) is 0 Å². The second-order valence-corrected chi connectivity index (χ2v) is 19.3. The third-order valence-corrected chi connectivity index (χ3v) is 11.5. The van der Waals surface area contributed by atoms with Crippen LogP contribution in [0.4, 0.5) is 0 Å². The van der Waals surface area contributed by atoms with Crippen molar-refractivity contribution in [3.63, 3.8) is 0 Å². The van der Waals surface area contributed by atoms with Gasteiger partial charge in [-0.25, -0.2) is 0 Å². The Balaban J connectivity index is 5.06. The monoisotopic (exact) mass is 336 g/mol. The zero-order chi connectivity index (χ0) is 17.4. The fourth-order valence-electron chi connectivity index (χ4n) is 2.28. The molecule has 0 aromatic carbocycles. The largest absolute Gasteiger partial charge is 0.132 e. The second kappa shape index (κ2) is 9.13. The molecule has 0 spiro atoms. The molecule has 22 heavy (non-hydrogen) atoms. The highest BCUT2D eigenvalue weighted by molar-refractivity contribution is 6.87. The number of allylic oxidation sites excluding steroid dienone is 2. The Hall–Kier alpha value is -0.266. The molecule has 0 aromatic heterocycles. The quantitative estimate of drug-likeness (QED) is 0.262. The second-order valence-electron chi connectivity index (χ2n) is 9.18. The summed E-state index contributed by atoms with van der Waals surface area (Å²) in [6.07, 6.45) is 10.2. The van der Waals surface area contributed by atoms with Crippen LogP contribution in [0.1, 0.15) is 66.2 Å². The maximum absolute atomic E-state index is 3.56. The number of hydrogen-bond donors (Lipinski definition) is 0. The summed E-state index contributed by atoms with van der Waals surface area (Å²) in [5.74, 6) is 3.53. The van der Waals surface area contributed by atoms with E-state index < -0.39 is 16.1 Å². The van der Waals surface area contributed by atoms with E-state index in [-0.39, 0.29) is 0 Å². The van der Waals surface area contributed by atoms with E-state index in [1.165, 1.54) is 32.1 Å². The minimum atomic E-state index is -1.43. The van der Waals surface area contributed by atoms with E-state index in [4.69, 9.17) is 0 Å². The predicted molar refractivity (Wildman–Crippen MR) is 110 cm³/mol. The smallest absolute Gasteiger partial charge is 0.129 e. The van der Waals surface area contributed by atoms with Crippen LogP contribution in [-0.4, -0.2) is 16.1 Å². The highest BCUT2D eigenvalue weighted by atomic mass is 28.3. The summed E-state index contributed by atoms with van der Waals surface area (Å²) in [7, 11) is -2.68. The van der Waals surface area contributed by atoms with E-state index in [1.54, 1.807) is 5.20 Å². The first-order chi connectivity index (χ1) is 9.92. The van der Waals surface area contributed by atoms with Crippen molar-refractivity contribution < 1.29 is 0 Å². The van der Waals surface area contributed by atoms with E-state index >= 15 is 0 Å². The zero-order valence-electron chi connectivity index (χ0n) is 16.8. The van der Waals surface area contributed by atoms with Crippen molar-refractivity contribution in [1.82, 2.24) is 0 Å². The van der Waals surface area contributed by atoms with Crippen molar-refractivity contribution >= 4 is 16.1 Å². The summed E-state index contributed by atoms with van der Waals surface area (Å²) in [5, 5.41) is 2.09. The first kappa shape index (κ1) is 21.7. The molecule has 0 aliphatic heterocycles. The van der Waals surface area contributed by atoms with Gasteiger partial charge in [0, 0.05) is 6.42 Å². The summed E-state index contributed by atoms with van der Waals surface area (Å²) in [6, 6.07) is 0. The third-order valence-electron chi connectivity index (χ3n) is 4.87. The Morgan fingerprint density at radius 2 is 1.55 bits per heavy atom. The summed E-state index contributed by atoms with van der Waals surface area (Å²) in [5.41, 5.74) is 3.56. The molecule has 0 rings (SSSR count). The lowest BCUT2D eigenvalue weighted by Crippen LogP contribution is -2.39.